The van der Waals surface area contributed by atoms with Gasteiger partial charge in [0.25, 0.3) is 0 Å². The fourth-order valence-electron chi connectivity index (χ4n) is 3.05. The van der Waals surface area contributed by atoms with Crippen LogP contribution in [0.25, 0.3) is 0 Å². The number of carbonyl (C=O) groups is 1. The van der Waals surface area contributed by atoms with Crippen molar-refractivity contribution in [2.24, 2.45) is 0 Å². The van der Waals surface area contributed by atoms with Gasteiger partial charge >= 0.3 is 5.97 Å². The van der Waals surface area contributed by atoms with Crippen LogP contribution in [0.1, 0.15) is 75.6 Å². The maximum atomic E-state index is 12.2. The summed E-state index contributed by atoms with van der Waals surface area (Å²) in [6.07, 6.45) is 10.3. The van der Waals surface area contributed by atoms with E-state index in [1.165, 1.54) is 44.9 Å². The van der Waals surface area contributed by atoms with Gasteiger partial charge in [-0.3, -0.25) is 0 Å². The number of hydrogen-bond donors (Lipinski definition) is 0. The Balaban J connectivity index is 1.65. The third-order valence-electron chi connectivity index (χ3n) is 4.70. The maximum absolute atomic E-state index is 12.2. The zero-order valence-corrected chi connectivity index (χ0v) is 17.8. The lowest BCUT2D eigenvalue weighted by Gasteiger charge is -2.08. The van der Waals surface area contributed by atoms with Gasteiger partial charge in [-0.15, -0.1) is 0 Å². The lowest BCUT2D eigenvalue weighted by atomic mass is 10.1. The first-order chi connectivity index (χ1) is 14.2. The van der Waals surface area contributed by atoms with Crippen LogP contribution in [0.5, 0.6) is 17.2 Å². The van der Waals surface area contributed by atoms with Crippen LogP contribution in [-0.2, 0) is 0 Å². The lowest BCUT2D eigenvalue weighted by Crippen LogP contribution is -2.08. The maximum Gasteiger partial charge on any atom is 0.343 e. The van der Waals surface area contributed by atoms with Crippen molar-refractivity contribution in [3.63, 3.8) is 0 Å². The van der Waals surface area contributed by atoms with Gasteiger partial charge in [-0.1, -0.05) is 51.9 Å². The van der Waals surface area contributed by atoms with E-state index in [-0.39, 0.29) is 5.97 Å². The molecule has 0 aliphatic rings. The van der Waals surface area contributed by atoms with E-state index in [0.29, 0.717) is 17.9 Å². The molecule has 0 spiro atoms. The van der Waals surface area contributed by atoms with E-state index in [1.54, 1.807) is 36.4 Å². The first-order valence-electron chi connectivity index (χ1n) is 10.9. The minimum absolute atomic E-state index is 0.388. The summed E-state index contributed by atoms with van der Waals surface area (Å²) in [6, 6.07) is 14.1. The molecule has 4 nitrogen and oxygen atoms in total. The minimum Gasteiger partial charge on any atom is -0.494 e. The molecule has 0 bridgehead atoms. The van der Waals surface area contributed by atoms with Crippen LogP contribution >= 0.6 is 0 Å². The van der Waals surface area contributed by atoms with E-state index in [4.69, 9.17) is 14.2 Å². The van der Waals surface area contributed by atoms with Gasteiger partial charge < -0.3 is 14.2 Å². The molecule has 29 heavy (non-hydrogen) atoms. The third-order valence-corrected chi connectivity index (χ3v) is 4.70. The van der Waals surface area contributed by atoms with Gasteiger partial charge in [-0.2, -0.15) is 0 Å². The standard InChI is InChI=1S/C25H34O4/c1-3-5-6-7-8-9-10-11-20-28-23-16-18-24(19-17-23)29-25(26)21-12-14-22(15-13-21)27-4-2/h12-19H,3-11,20H2,1-2H3. The fraction of sp³-hybridized carbons (Fsp3) is 0.480. The molecule has 2 aromatic carbocycles. The van der Waals surface area contributed by atoms with E-state index < -0.39 is 0 Å². The summed E-state index contributed by atoms with van der Waals surface area (Å²) in [5.41, 5.74) is 0.489. The number of unbranched alkanes of at least 4 members (excludes halogenated alkanes) is 7. The molecule has 158 valence electrons. The Morgan fingerprint density at radius 1 is 0.655 bits per heavy atom. The zero-order chi connectivity index (χ0) is 20.7. The second-order valence-electron chi connectivity index (χ2n) is 7.14. The van der Waals surface area contributed by atoms with Crippen LogP contribution in [0.15, 0.2) is 48.5 Å². The van der Waals surface area contributed by atoms with Gasteiger partial charge in [0.2, 0.25) is 0 Å². The third kappa shape index (κ3) is 9.03. The SMILES string of the molecule is CCCCCCCCCCOc1ccc(OC(=O)c2ccc(OCC)cc2)cc1. The summed E-state index contributed by atoms with van der Waals surface area (Å²) in [6.45, 7) is 5.48. The Bertz CT molecular complexity index is 692. The highest BCUT2D eigenvalue weighted by molar-refractivity contribution is 5.91. The Labute approximate surface area is 175 Å². The van der Waals surface area contributed by atoms with Crippen molar-refractivity contribution in [3.8, 4) is 17.2 Å². The van der Waals surface area contributed by atoms with E-state index in [9.17, 15) is 4.79 Å². The van der Waals surface area contributed by atoms with E-state index in [1.807, 2.05) is 19.1 Å². The van der Waals surface area contributed by atoms with Gasteiger partial charge in [0, 0.05) is 0 Å². The van der Waals surface area contributed by atoms with Gasteiger partial charge in [0.05, 0.1) is 18.8 Å². The second kappa shape index (κ2) is 13.6. The minimum atomic E-state index is -0.388. The van der Waals surface area contributed by atoms with Crippen molar-refractivity contribution in [2.45, 2.75) is 65.2 Å². The molecule has 0 aromatic heterocycles. The summed E-state index contributed by atoms with van der Waals surface area (Å²) < 4.78 is 16.6. The number of benzene rings is 2. The predicted octanol–water partition coefficient (Wildman–Crippen LogP) is 6.82. The zero-order valence-electron chi connectivity index (χ0n) is 17.8. The van der Waals surface area contributed by atoms with Crippen LogP contribution in [0.2, 0.25) is 0 Å². The molecule has 0 radical (unpaired) electrons. The molecule has 0 aliphatic carbocycles. The Kier molecular flexibility index (Phi) is 10.7. The number of ether oxygens (including phenoxy) is 3. The van der Waals surface area contributed by atoms with Crippen molar-refractivity contribution in [3.05, 3.63) is 54.1 Å². The Morgan fingerprint density at radius 2 is 1.17 bits per heavy atom. The van der Waals surface area contributed by atoms with Crippen molar-refractivity contribution >= 4 is 5.97 Å². The molecular formula is C25H34O4. The molecule has 0 N–H and O–H groups in total. The molecule has 2 rings (SSSR count). The van der Waals surface area contributed by atoms with Crippen molar-refractivity contribution in [1.82, 2.24) is 0 Å². The average Bonchev–Trinajstić information content (AvgIpc) is 2.74. The summed E-state index contributed by atoms with van der Waals surface area (Å²) >= 11 is 0. The Hall–Kier alpha value is -2.49. The van der Waals surface area contributed by atoms with Crippen LogP contribution in [0.4, 0.5) is 0 Å². The lowest BCUT2D eigenvalue weighted by molar-refractivity contribution is 0.0734. The fourth-order valence-corrected chi connectivity index (χ4v) is 3.05. The van der Waals surface area contributed by atoms with Gasteiger partial charge in [0.15, 0.2) is 0 Å². The highest BCUT2D eigenvalue weighted by Crippen LogP contribution is 2.20. The molecule has 0 atom stereocenters. The predicted molar refractivity (Wildman–Crippen MR) is 117 cm³/mol. The van der Waals surface area contributed by atoms with E-state index >= 15 is 0 Å². The number of rotatable bonds is 14. The van der Waals surface area contributed by atoms with Gasteiger partial charge in [-0.05, 0) is 61.9 Å². The molecule has 4 heteroatoms. The smallest absolute Gasteiger partial charge is 0.343 e. The monoisotopic (exact) mass is 398 g/mol. The first-order valence-corrected chi connectivity index (χ1v) is 10.9. The molecule has 0 fully saturated rings. The van der Waals surface area contributed by atoms with Crippen LogP contribution in [-0.4, -0.2) is 19.2 Å². The van der Waals surface area contributed by atoms with E-state index in [2.05, 4.69) is 6.92 Å². The van der Waals surface area contributed by atoms with Crippen molar-refractivity contribution < 1.29 is 19.0 Å². The van der Waals surface area contributed by atoms with Crippen LogP contribution < -0.4 is 14.2 Å². The topological polar surface area (TPSA) is 44.8 Å². The molecule has 0 aliphatic heterocycles. The molecule has 2 aromatic rings. The summed E-state index contributed by atoms with van der Waals surface area (Å²) in [5, 5.41) is 0. The first kappa shape index (κ1) is 22.8. The normalized spacial score (nSPS) is 10.6. The number of esters is 1. The Morgan fingerprint density at radius 3 is 1.79 bits per heavy atom. The van der Waals surface area contributed by atoms with Crippen molar-refractivity contribution in [2.75, 3.05) is 13.2 Å². The summed E-state index contributed by atoms with van der Waals surface area (Å²) in [7, 11) is 0. The summed E-state index contributed by atoms with van der Waals surface area (Å²) in [4.78, 5) is 12.2. The average molecular weight is 399 g/mol. The van der Waals surface area contributed by atoms with Crippen LogP contribution in [0, 0.1) is 0 Å². The largest absolute Gasteiger partial charge is 0.494 e. The highest BCUT2D eigenvalue weighted by atomic mass is 16.5. The van der Waals surface area contributed by atoms with Gasteiger partial charge in [0.1, 0.15) is 17.2 Å². The number of carbonyl (C=O) groups excluding carboxylic acids is 1. The molecule has 0 saturated heterocycles. The second-order valence-corrected chi connectivity index (χ2v) is 7.14. The van der Waals surface area contributed by atoms with Crippen LogP contribution in [0.3, 0.4) is 0 Å². The highest BCUT2D eigenvalue weighted by Gasteiger charge is 2.09. The van der Waals surface area contributed by atoms with Gasteiger partial charge in [-0.25, -0.2) is 4.79 Å². The molecule has 0 amide bonds. The quantitative estimate of drug-likeness (QED) is 0.199. The molecule has 0 heterocycles. The van der Waals surface area contributed by atoms with Crippen molar-refractivity contribution in [1.29, 1.82) is 0 Å². The molecule has 0 unspecified atom stereocenters. The molecular weight excluding hydrogens is 364 g/mol. The summed E-state index contributed by atoms with van der Waals surface area (Å²) in [5.74, 6) is 1.65. The molecule has 0 saturated carbocycles. The van der Waals surface area contributed by atoms with E-state index in [0.717, 1.165) is 24.5 Å². The number of hydrogen-bond acceptors (Lipinski definition) is 4.